The average molecular weight is 447 g/mol. The molecule has 182 valence electrons. The molecule has 0 radical (unpaired) electrons. The predicted molar refractivity (Wildman–Crippen MR) is 128 cm³/mol. The van der Waals surface area contributed by atoms with E-state index in [4.69, 9.17) is 4.74 Å². The molecule has 4 rings (SSSR count). The van der Waals surface area contributed by atoms with E-state index in [0.29, 0.717) is 18.4 Å². The van der Waals surface area contributed by atoms with Crippen molar-refractivity contribution in [2.24, 2.45) is 28.6 Å². The van der Waals surface area contributed by atoms with Gasteiger partial charge in [0.25, 0.3) is 0 Å². The van der Waals surface area contributed by atoms with Crippen LogP contribution in [0.1, 0.15) is 92.4 Å². The number of allylic oxidation sites excluding steroid dienone is 3. The molecule has 0 aromatic carbocycles. The molecule has 4 nitrogen and oxygen atoms in total. The maximum absolute atomic E-state index is 10.6. The van der Waals surface area contributed by atoms with Gasteiger partial charge in [-0.2, -0.15) is 0 Å². The monoisotopic (exact) mass is 446 g/mol. The van der Waals surface area contributed by atoms with Gasteiger partial charge in [0, 0.05) is 11.3 Å². The molecule has 0 saturated heterocycles. The van der Waals surface area contributed by atoms with Crippen molar-refractivity contribution in [2.75, 3.05) is 6.61 Å². The minimum atomic E-state index is -0.713. The molecule has 4 aliphatic carbocycles. The summed E-state index contributed by atoms with van der Waals surface area (Å²) in [5.41, 5.74) is 2.13. The van der Waals surface area contributed by atoms with E-state index in [2.05, 4.69) is 32.9 Å². The average Bonchev–Trinajstić information content (AvgIpc) is 3.44. The Balaban J connectivity index is 1.42. The molecule has 0 heterocycles. The Kier molecular flexibility index (Phi) is 6.75. The van der Waals surface area contributed by atoms with Crippen LogP contribution in [-0.4, -0.2) is 45.8 Å². The van der Waals surface area contributed by atoms with Gasteiger partial charge in [-0.3, -0.25) is 0 Å². The lowest BCUT2D eigenvalue weighted by atomic mass is 9.62. The fourth-order valence-corrected chi connectivity index (χ4v) is 7.05. The molecule has 4 saturated carbocycles. The van der Waals surface area contributed by atoms with Crippen LogP contribution in [0.4, 0.5) is 0 Å². The standard InChI is InChI=1S/C28H46O4/c1-18(26(3,4)31)17-32-19(2)22-10-11-23-21(7-6-12-27(22,23)5)9-8-20-15-24(29)28(13-14-28)25(30)16-20/h8-9,18-19,22-25,29-31H,6-7,10-17H2,1-5H3/b21-9+/t18-,19+,22?,23?,24+,25+,27?/m0/s1. The maximum atomic E-state index is 10.6. The Morgan fingerprint density at radius 3 is 2.31 bits per heavy atom. The smallest absolute Gasteiger partial charge is 0.0658 e. The van der Waals surface area contributed by atoms with E-state index in [1.807, 2.05) is 13.8 Å². The highest BCUT2D eigenvalue weighted by Gasteiger charge is 2.56. The predicted octanol–water partition coefficient (Wildman–Crippen LogP) is 5.16. The molecule has 0 aliphatic heterocycles. The summed E-state index contributed by atoms with van der Waals surface area (Å²) in [6, 6.07) is 0. The minimum absolute atomic E-state index is 0.111. The van der Waals surface area contributed by atoms with Gasteiger partial charge in [-0.05, 0) is 95.8 Å². The van der Waals surface area contributed by atoms with Gasteiger partial charge in [0.1, 0.15) is 0 Å². The molecule has 3 unspecified atom stereocenters. The molecule has 0 bridgehead atoms. The second kappa shape index (κ2) is 8.83. The van der Waals surface area contributed by atoms with Crippen LogP contribution < -0.4 is 0 Å². The number of aliphatic hydroxyl groups excluding tert-OH is 2. The zero-order chi connectivity index (χ0) is 23.3. The van der Waals surface area contributed by atoms with Gasteiger partial charge < -0.3 is 20.1 Å². The van der Waals surface area contributed by atoms with E-state index in [0.717, 1.165) is 32.1 Å². The van der Waals surface area contributed by atoms with E-state index in [-0.39, 0.29) is 35.1 Å². The number of aliphatic hydroxyl groups is 3. The highest BCUT2D eigenvalue weighted by atomic mass is 16.5. The van der Waals surface area contributed by atoms with Gasteiger partial charge in [0.15, 0.2) is 0 Å². The highest BCUT2D eigenvalue weighted by molar-refractivity contribution is 5.28. The normalized spacial score (nSPS) is 39.8. The summed E-state index contributed by atoms with van der Waals surface area (Å²) in [4.78, 5) is 0. The quantitative estimate of drug-likeness (QED) is 0.527. The molecule has 3 N–H and O–H groups in total. The van der Waals surface area contributed by atoms with Crippen LogP contribution in [0.5, 0.6) is 0 Å². The van der Waals surface area contributed by atoms with Crippen molar-refractivity contribution >= 4 is 0 Å². The number of hydrogen-bond acceptors (Lipinski definition) is 4. The highest BCUT2D eigenvalue weighted by Crippen LogP contribution is 2.59. The van der Waals surface area contributed by atoms with E-state index < -0.39 is 5.60 Å². The van der Waals surface area contributed by atoms with Gasteiger partial charge in [0.05, 0.1) is 30.5 Å². The van der Waals surface area contributed by atoms with Crippen LogP contribution in [-0.2, 0) is 4.74 Å². The number of rotatable bonds is 6. The van der Waals surface area contributed by atoms with E-state index in [1.165, 1.54) is 31.3 Å². The second-order valence-electron chi connectivity index (χ2n) is 12.4. The third kappa shape index (κ3) is 4.50. The van der Waals surface area contributed by atoms with Crippen molar-refractivity contribution in [2.45, 2.75) is 116 Å². The summed E-state index contributed by atoms with van der Waals surface area (Å²) in [5.74, 6) is 1.26. The molecule has 7 atom stereocenters. The first-order valence-corrected chi connectivity index (χ1v) is 13.1. The van der Waals surface area contributed by atoms with Gasteiger partial charge in [-0.1, -0.05) is 37.1 Å². The van der Waals surface area contributed by atoms with Crippen molar-refractivity contribution in [3.63, 3.8) is 0 Å². The Hall–Kier alpha value is -0.680. The molecular weight excluding hydrogens is 400 g/mol. The number of ether oxygens (including phenoxy) is 1. The van der Waals surface area contributed by atoms with Crippen LogP contribution in [0.15, 0.2) is 23.3 Å². The van der Waals surface area contributed by atoms with Gasteiger partial charge >= 0.3 is 0 Å². The first kappa shape index (κ1) is 24.4. The summed E-state index contributed by atoms with van der Waals surface area (Å²) in [7, 11) is 0. The molecular formula is C28H46O4. The molecule has 4 heteroatoms. The molecule has 1 spiro atoms. The lowest BCUT2D eigenvalue weighted by Gasteiger charge is -2.44. The summed E-state index contributed by atoms with van der Waals surface area (Å²) in [6.45, 7) is 11.1. The molecule has 0 aromatic rings. The largest absolute Gasteiger partial charge is 0.392 e. The summed E-state index contributed by atoms with van der Waals surface area (Å²) in [5, 5.41) is 31.4. The topological polar surface area (TPSA) is 69.9 Å². The number of fused-ring (bicyclic) bond motifs is 1. The van der Waals surface area contributed by atoms with Crippen molar-refractivity contribution in [3.05, 3.63) is 23.3 Å². The minimum Gasteiger partial charge on any atom is -0.392 e. The molecule has 4 fully saturated rings. The van der Waals surface area contributed by atoms with Crippen LogP contribution in [0.25, 0.3) is 0 Å². The Morgan fingerprint density at radius 1 is 1.06 bits per heavy atom. The molecule has 32 heavy (non-hydrogen) atoms. The Bertz CT molecular complexity index is 727. The van der Waals surface area contributed by atoms with E-state index in [1.54, 1.807) is 5.57 Å². The fourth-order valence-electron chi connectivity index (χ4n) is 7.05. The van der Waals surface area contributed by atoms with Crippen molar-refractivity contribution in [1.82, 2.24) is 0 Å². The zero-order valence-corrected chi connectivity index (χ0v) is 20.9. The third-order valence-corrected chi connectivity index (χ3v) is 10.0. The van der Waals surface area contributed by atoms with Gasteiger partial charge in [0.2, 0.25) is 0 Å². The zero-order valence-electron chi connectivity index (χ0n) is 20.9. The fraction of sp³-hybridized carbons (Fsp3) is 0.857. The SMILES string of the molecule is C[C@@H](OC[C@H](C)C(C)(C)O)C1CCC2/C(=C/C=C3C[C@@H](O)C4(CC4)[C@H](O)C3)CCCC21C. The van der Waals surface area contributed by atoms with Gasteiger partial charge in [-0.15, -0.1) is 0 Å². The maximum Gasteiger partial charge on any atom is 0.0658 e. The van der Waals surface area contributed by atoms with Crippen molar-refractivity contribution < 1.29 is 20.1 Å². The van der Waals surface area contributed by atoms with Crippen LogP contribution in [0, 0.1) is 28.6 Å². The lowest BCUT2D eigenvalue weighted by molar-refractivity contribution is -0.0720. The van der Waals surface area contributed by atoms with Crippen molar-refractivity contribution in [1.29, 1.82) is 0 Å². The second-order valence-corrected chi connectivity index (χ2v) is 12.4. The van der Waals surface area contributed by atoms with Gasteiger partial charge in [-0.25, -0.2) is 0 Å². The third-order valence-electron chi connectivity index (χ3n) is 10.0. The first-order valence-electron chi connectivity index (χ1n) is 13.1. The van der Waals surface area contributed by atoms with Crippen LogP contribution in [0.2, 0.25) is 0 Å². The lowest BCUT2D eigenvalue weighted by Crippen LogP contribution is -2.40. The summed E-state index contributed by atoms with van der Waals surface area (Å²) < 4.78 is 6.32. The molecule has 0 aromatic heterocycles. The van der Waals surface area contributed by atoms with Crippen LogP contribution in [0.3, 0.4) is 0 Å². The summed E-state index contributed by atoms with van der Waals surface area (Å²) >= 11 is 0. The Morgan fingerprint density at radius 2 is 1.72 bits per heavy atom. The summed E-state index contributed by atoms with van der Waals surface area (Å²) in [6.07, 6.45) is 13.4. The van der Waals surface area contributed by atoms with E-state index in [9.17, 15) is 15.3 Å². The number of hydrogen-bond donors (Lipinski definition) is 3. The first-order chi connectivity index (χ1) is 15.0. The van der Waals surface area contributed by atoms with Crippen LogP contribution >= 0.6 is 0 Å². The van der Waals surface area contributed by atoms with E-state index >= 15 is 0 Å². The Labute approximate surface area is 195 Å². The molecule has 0 amide bonds. The van der Waals surface area contributed by atoms with Crippen molar-refractivity contribution in [3.8, 4) is 0 Å². The molecule has 4 aliphatic rings.